The first kappa shape index (κ1) is 19.2. The topological polar surface area (TPSA) is 62.9 Å². The molecule has 0 bridgehead atoms. The van der Waals surface area contributed by atoms with E-state index in [4.69, 9.17) is 9.15 Å². The number of halogens is 1. The molecule has 0 unspecified atom stereocenters. The standard InChI is InChI=1S/C22H26FNO4/c1-15(25)27-14-20-9-8-19(28-20)12-24-11-16-3-2-10-22(26,21(16)13-24)17-4-6-18(23)7-5-17/h4-9,16,21,26H,2-3,10-14H2,1H3/t16-,21-,22+/m0/s1. The number of aliphatic hydroxyl groups is 1. The number of nitrogens with zero attached hydrogens (tertiary/aromatic N) is 1. The molecule has 0 radical (unpaired) electrons. The maximum absolute atomic E-state index is 13.3. The summed E-state index contributed by atoms with van der Waals surface area (Å²) in [7, 11) is 0. The first-order valence-corrected chi connectivity index (χ1v) is 9.86. The van der Waals surface area contributed by atoms with Gasteiger partial charge in [-0.2, -0.15) is 0 Å². The Balaban J connectivity index is 1.44. The third-order valence-corrected chi connectivity index (χ3v) is 6.12. The zero-order valence-electron chi connectivity index (χ0n) is 16.1. The van der Waals surface area contributed by atoms with Gasteiger partial charge in [-0.15, -0.1) is 0 Å². The average molecular weight is 387 g/mol. The molecule has 2 heterocycles. The van der Waals surface area contributed by atoms with E-state index in [1.165, 1.54) is 19.1 Å². The monoisotopic (exact) mass is 387 g/mol. The van der Waals surface area contributed by atoms with Crippen LogP contribution in [0, 0.1) is 17.7 Å². The number of likely N-dealkylation sites (tertiary alicyclic amines) is 1. The second-order valence-electron chi connectivity index (χ2n) is 8.03. The summed E-state index contributed by atoms with van der Waals surface area (Å²) in [5.41, 5.74) is -0.0956. The van der Waals surface area contributed by atoms with Crippen LogP contribution in [0.25, 0.3) is 0 Å². The number of furan rings is 1. The fraction of sp³-hybridized carbons (Fsp3) is 0.500. The lowest BCUT2D eigenvalue weighted by Crippen LogP contribution is -2.42. The molecule has 1 aromatic carbocycles. The van der Waals surface area contributed by atoms with Gasteiger partial charge in [-0.1, -0.05) is 12.1 Å². The van der Waals surface area contributed by atoms with Crippen molar-refractivity contribution in [2.45, 2.75) is 44.9 Å². The van der Waals surface area contributed by atoms with Gasteiger partial charge in [0.05, 0.1) is 12.1 Å². The van der Waals surface area contributed by atoms with Crippen LogP contribution in [0.15, 0.2) is 40.8 Å². The van der Waals surface area contributed by atoms with Gasteiger partial charge in [0.2, 0.25) is 0 Å². The Kier molecular flexibility index (Phi) is 5.25. The minimum Gasteiger partial charge on any atom is -0.461 e. The van der Waals surface area contributed by atoms with Crippen molar-refractivity contribution in [2.75, 3.05) is 13.1 Å². The van der Waals surface area contributed by atoms with Gasteiger partial charge in [-0.25, -0.2) is 4.39 Å². The molecule has 2 aliphatic rings. The average Bonchev–Trinajstić information content (AvgIpc) is 3.28. The van der Waals surface area contributed by atoms with Crippen molar-refractivity contribution >= 4 is 5.97 Å². The molecular weight excluding hydrogens is 361 g/mol. The SMILES string of the molecule is CC(=O)OCc1ccc(CN2C[C@@H]3CCC[C@@](O)(c4ccc(F)cc4)[C@H]3C2)o1. The summed E-state index contributed by atoms with van der Waals surface area (Å²) in [5, 5.41) is 11.5. The highest BCUT2D eigenvalue weighted by molar-refractivity contribution is 5.65. The lowest BCUT2D eigenvalue weighted by molar-refractivity contribution is -0.142. The van der Waals surface area contributed by atoms with Crippen molar-refractivity contribution in [3.63, 3.8) is 0 Å². The van der Waals surface area contributed by atoms with E-state index in [9.17, 15) is 14.3 Å². The van der Waals surface area contributed by atoms with Crippen molar-refractivity contribution in [2.24, 2.45) is 11.8 Å². The number of fused-ring (bicyclic) bond motifs is 1. The Morgan fingerprint density at radius 2 is 2.00 bits per heavy atom. The predicted molar refractivity (Wildman–Crippen MR) is 101 cm³/mol. The van der Waals surface area contributed by atoms with Crippen molar-refractivity contribution in [3.8, 4) is 0 Å². The molecule has 1 saturated heterocycles. The number of carbonyl (C=O) groups is 1. The predicted octanol–water partition coefficient (Wildman–Crippen LogP) is 3.60. The molecule has 1 aliphatic heterocycles. The first-order valence-electron chi connectivity index (χ1n) is 9.86. The lowest BCUT2D eigenvalue weighted by atomic mass is 9.67. The number of ether oxygens (including phenoxy) is 1. The van der Waals surface area contributed by atoms with Crippen LogP contribution in [0.3, 0.4) is 0 Å². The quantitative estimate of drug-likeness (QED) is 0.795. The summed E-state index contributed by atoms with van der Waals surface area (Å²) in [6.07, 6.45) is 2.78. The molecule has 0 spiro atoms. The molecule has 150 valence electrons. The third kappa shape index (κ3) is 3.84. The molecule has 2 aromatic rings. The smallest absolute Gasteiger partial charge is 0.303 e. The molecule has 4 rings (SSSR count). The fourth-order valence-electron chi connectivity index (χ4n) is 4.82. The second kappa shape index (κ2) is 7.68. The van der Waals surface area contributed by atoms with E-state index in [2.05, 4.69) is 4.90 Å². The minimum atomic E-state index is -0.908. The summed E-state index contributed by atoms with van der Waals surface area (Å²) < 4.78 is 24.1. The van der Waals surface area contributed by atoms with Gasteiger partial charge in [-0.3, -0.25) is 9.69 Å². The van der Waals surface area contributed by atoms with Crippen LogP contribution in [0.2, 0.25) is 0 Å². The molecule has 2 fully saturated rings. The molecule has 6 heteroatoms. The van der Waals surface area contributed by atoms with Gasteiger partial charge in [0.15, 0.2) is 0 Å². The summed E-state index contributed by atoms with van der Waals surface area (Å²) in [5.74, 6) is 1.38. The van der Waals surface area contributed by atoms with Crippen molar-refractivity contribution in [3.05, 3.63) is 59.3 Å². The van der Waals surface area contributed by atoms with E-state index in [1.54, 1.807) is 12.1 Å². The Labute approximate surface area is 164 Å². The van der Waals surface area contributed by atoms with Crippen molar-refractivity contribution < 1.29 is 23.4 Å². The van der Waals surface area contributed by atoms with Crippen LogP contribution in [0.5, 0.6) is 0 Å². The Bertz CT molecular complexity index is 833. The van der Waals surface area contributed by atoms with Gasteiger partial charge in [-0.05, 0) is 55.0 Å². The second-order valence-corrected chi connectivity index (χ2v) is 8.03. The lowest BCUT2D eigenvalue weighted by Gasteiger charge is -2.41. The first-order chi connectivity index (χ1) is 13.4. The number of esters is 1. The van der Waals surface area contributed by atoms with Gasteiger partial charge in [0, 0.05) is 25.9 Å². The van der Waals surface area contributed by atoms with Gasteiger partial charge in [0.25, 0.3) is 0 Å². The number of hydrogen-bond donors (Lipinski definition) is 1. The van der Waals surface area contributed by atoms with Crippen LogP contribution in [0.4, 0.5) is 4.39 Å². The Morgan fingerprint density at radius 1 is 1.25 bits per heavy atom. The van der Waals surface area contributed by atoms with E-state index < -0.39 is 5.60 Å². The molecule has 1 aliphatic carbocycles. The molecule has 0 amide bonds. The molecule has 3 atom stereocenters. The van der Waals surface area contributed by atoms with Gasteiger partial charge in [0.1, 0.15) is 23.9 Å². The van der Waals surface area contributed by atoms with E-state index >= 15 is 0 Å². The highest BCUT2D eigenvalue weighted by Crippen LogP contribution is 2.48. The summed E-state index contributed by atoms with van der Waals surface area (Å²) in [4.78, 5) is 13.2. The van der Waals surface area contributed by atoms with E-state index in [-0.39, 0.29) is 24.3 Å². The molecule has 1 saturated carbocycles. The van der Waals surface area contributed by atoms with E-state index in [1.807, 2.05) is 12.1 Å². The summed E-state index contributed by atoms with van der Waals surface area (Å²) in [6, 6.07) is 10.0. The van der Waals surface area contributed by atoms with E-state index in [0.717, 1.165) is 37.3 Å². The zero-order valence-corrected chi connectivity index (χ0v) is 16.1. The van der Waals surface area contributed by atoms with Gasteiger partial charge >= 0.3 is 5.97 Å². The van der Waals surface area contributed by atoms with Gasteiger partial charge < -0.3 is 14.3 Å². The van der Waals surface area contributed by atoms with Crippen molar-refractivity contribution in [1.82, 2.24) is 4.90 Å². The van der Waals surface area contributed by atoms with Crippen LogP contribution in [0.1, 0.15) is 43.3 Å². The maximum atomic E-state index is 13.3. The molecule has 1 N–H and O–H groups in total. The molecular formula is C22H26FNO4. The normalized spacial score (nSPS) is 27.5. The highest BCUT2D eigenvalue weighted by atomic mass is 19.1. The van der Waals surface area contributed by atoms with Crippen LogP contribution < -0.4 is 0 Å². The van der Waals surface area contributed by atoms with Crippen LogP contribution in [-0.4, -0.2) is 29.1 Å². The summed E-state index contributed by atoms with van der Waals surface area (Å²) >= 11 is 0. The van der Waals surface area contributed by atoms with E-state index in [0.29, 0.717) is 24.6 Å². The molecule has 28 heavy (non-hydrogen) atoms. The zero-order chi connectivity index (χ0) is 19.7. The van der Waals surface area contributed by atoms with Crippen molar-refractivity contribution in [1.29, 1.82) is 0 Å². The number of carbonyl (C=O) groups excluding carboxylic acids is 1. The maximum Gasteiger partial charge on any atom is 0.303 e. The van der Waals surface area contributed by atoms with Crippen LogP contribution in [-0.2, 0) is 28.3 Å². The number of benzene rings is 1. The minimum absolute atomic E-state index is 0.127. The number of rotatable bonds is 5. The molecule has 1 aromatic heterocycles. The largest absolute Gasteiger partial charge is 0.461 e. The third-order valence-electron chi connectivity index (χ3n) is 6.12. The Hall–Kier alpha value is -2.18. The summed E-state index contributed by atoms with van der Waals surface area (Å²) in [6.45, 7) is 3.86. The number of hydrogen-bond acceptors (Lipinski definition) is 5. The molecule has 5 nitrogen and oxygen atoms in total. The fourth-order valence-corrected chi connectivity index (χ4v) is 4.82. The van der Waals surface area contributed by atoms with Crippen LogP contribution >= 0.6 is 0 Å². The highest BCUT2D eigenvalue weighted by Gasteiger charge is 2.49. The Morgan fingerprint density at radius 3 is 2.75 bits per heavy atom.